The number of hydrogen-bond acceptors (Lipinski definition) is 3. The molecule has 2 heterocycles. The summed E-state index contributed by atoms with van der Waals surface area (Å²) >= 11 is 0. The van der Waals surface area contributed by atoms with E-state index in [0.29, 0.717) is 12.0 Å². The maximum Gasteiger partial charge on any atom is 0.0510 e. The first-order valence-electron chi connectivity index (χ1n) is 6.93. The summed E-state index contributed by atoms with van der Waals surface area (Å²) < 4.78 is 5.50. The van der Waals surface area contributed by atoms with E-state index in [-0.39, 0.29) is 0 Å². The van der Waals surface area contributed by atoms with Gasteiger partial charge in [0.1, 0.15) is 0 Å². The van der Waals surface area contributed by atoms with Crippen LogP contribution in [0.5, 0.6) is 0 Å². The van der Waals surface area contributed by atoms with E-state index in [1.165, 1.54) is 51.6 Å². The normalized spacial score (nSPS) is 30.9. The molecule has 0 aromatic carbocycles. The van der Waals surface area contributed by atoms with E-state index in [4.69, 9.17) is 10.5 Å². The van der Waals surface area contributed by atoms with Gasteiger partial charge in [0.25, 0.3) is 0 Å². The molecule has 2 aliphatic rings. The molecule has 3 nitrogen and oxygen atoms in total. The predicted molar refractivity (Wildman–Crippen MR) is 66.4 cm³/mol. The number of ether oxygens (including phenoxy) is 1. The van der Waals surface area contributed by atoms with Gasteiger partial charge in [-0.2, -0.15) is 0 Å². The number of nitrogens with two attached hydrogens (primary N) is 1. The van der Waals surface area contributed by atoms with E-state index in [0.717, 1.165) is 19.8 Å². The Morgan fingerprint density at radius 2 is 1.81 bits per heavy atom. The molecule has 2 fully saturated rings. The van der Waals surface area contributed by atoms with Crippen LogP contribution < -0.4 is 5.73 Å². The van der Waals surface area contributed by atoms with Gasteiger partial charge in [0, 0.05) is 25.1 Å². The Hall–Kier alpha value is -0.120. The van der Waals surface area contributed by atoms with Crippen molar-refractivity contribution in [3.8, 4) is 0 Å². The average Bonchev–Trinajstić information content (AvgIpc) is 2.75. The van der Waals surface area contributed by atoms with Gasteiger partial charge in [0.15, 0.2) is 0 Å². The van der Waals surface area contributed by atoms with Gasteiger partial charge in [0.05, 0.1) is 6.61 Å². The van der Waals surface area contributed by atoms with Gasteiger partial charge >= 0.3 is 0 Å². The summed E-state index contributed by atoms with van der Waals surface area (Å²) in [6.45, 7) is 5.16. The lowest BCUT2D eigenvalue weighted by Gasteiger charge is -2.35. The lowest BCUT2D eigenvalue weighted by molar-refractivity contribution is 0.114. The van der Waals surface area contributed by atoms with Crippen molar-refractivity contribution in [2.75, 3.05) is 32.8 Å². The van der Waals surface area contributed by atoms with Crippen LogP contribution in [0.3, 0.4) is 0 Å². The van der Waals surface area contributed by atoms with Crippen molar-refractivity contribution in [2.45, 2.75) is 44.6 Å². The van der Waals surface area contributed by atoms with Crippen molar-refractivity contribution in [3.63, 3.8) is 0 Å². The molecule has 2 atom stereocenters. The molecule has 2 rings (SSSR count). The van der Waals surface area contributed by atoms with E-state index in [1.807, 2.05) is 0 Å². The molecule has 2 unspecified atom stereocenters. The van der Waals surface area contributed by atoms with Crippen LogP contribution in [0.1, 0.15) is 38.5 Å². The number of nitrogens with zero attached hydrogens (tertiary/aromatic N) is 1. The van der Waals surface area contributed by atoms with Crippen LogP contribution in [-0.2, 0) is 4.74 Å². The molecule has 0 radical (unpaired) electrons. The summed E-state index contributed by atoms with van der Waals surface area (Å²) in [5.41, 5.74) is 5.98. The standard InChI is InChI=1S/C13H26N2O/c14-10-13(12-6-9-16-11-12)15-7-4-2-1-3-5-8-15/h12-13H,1-11,14H2. The highest BCUT2D eigenvalue weighted by Gasteiger charge is 2.29. The number of likely N-dealkylation sites (tertiary alicyclic amines) is 1. The van der Waals surface area contributed by atoms with E-state index < -0.39 is 0 Å². The van der Waals surface area contributed by atoms with Gasteiger partial charge in [0.2, 0.25) is 0 Å². The van der Waals surface area contributed by atoms with Gasteiger partial charge in [-0.1, -0.05) is 19.3 Å². The van der Waals surface area contributed by atoms with E-state index in [2.05, 4.69) is 4.90 Å². The van der Waals surface area contributed by atoms with Crippen LogP contribution in [0.4, 0.5) is 0 Å². The Labute approximate surface area is 99.3 Å². The third-order valence-corrected chi connectivity index (χ3v) is 4.11. The Balaban J connectivity index is 1.89. The second-order valence-electron chi connectivity index (χ2n) is 5.23. The molecule has 0 aromatic rings. The molecule has 2 saturated heterocycles. The molecule has 0 amide bonds. The molecule has 2 aliphatic heterocycles. The van der Waals surface area contributed by atoms with Gasteiger partial charge in [-0.05, 0) is 32.4 Å². The molecule has 0 aromatic heterocycles. The highest BCUT2D eigenvalue weighted by molar-refractivity contribution is 4.83. The molecule has 0 aliphatic carbocycles. The molecular weight excluding hydrogens is 200 g/mol. The first kappa shape index (κ1) is 12.3. The monoisotopic (exact) mass is 226 g/mol. The van der Waals surface area contributed by atoms with Crippen molar-refractivity contribution in [1.29, 1.82) is 0 Å². The molecule has 0 bridgehead atoms. The van der Waals surface area contributed by atoms with Crippen LogP contribution in [0, 0.1) is 5.92 Å². The molecular formula is C13H26N2O. The zero-order valence-corrected chi connectivity index (χ0v) is 10.4. The van der Waals surface area contributed by atoms with E-state index >= 15 is 0 Å². The van der Waals surface area contributed by atoms with Crippen LogP contribution in [0.15, 0.2) is 0 Å². The Morgan fingerprint density at radius 3 is 2.38 bits per heavy atom. The molecule has 16 heavy (non-hydrogen) atoms. The summed E-state index contributed by atoms with van der Waals surface area (Å²) in [6.07, 6.45) is 8.13. The summed E-state index contributed by atoms with van der Waals surface area (Å²) in [4.78, 5) is 2.64. The van der Waals surface area contributed by atoms with Crippen molar-refractivity contribution < 1.29 is 4.74 Å². The second-order valence-corrected chi connectivity index (χ2v) is 5.23. The highest BCUT2D eigenvalue weighted by atomic mass is 16.5. The minimum Gasteiger partial charge on any atom is -0.381 e. The first-order valence-corrected chi connectivity index (χ1v) is 6.93. The third kappa shape index (κ3) is 3.19. The topological polar surface area (TPSA) is 38.5 Å². The largest absolute Gasteiger partial charge is 0.381 e. The smallest absolute Gasteiger partial charge is 0.0510 e. The molecule has 0 spiro atoms. The maximum atomic E-state index is 5.98. The lowest BCUT2D eigenvalue weighted by Crippen LogP contribution is -2.47. The molecule has 3 heteroatoms. The fourth-order valence-corrected chi connectivity index (χ4v) is 3.10. The van der Waals surface area contributed by atoms with Gasteiger partial charge in [-0.25, -0.2) is 0 Å². The van der Waals surface area contributed by atoms with Crippen molar-refractivity contribution in [3.05, 3.63) is 0 Å². The van der Waals surface area contributed by atoms with Gasteiger partial charge in [-0.3, -0.25) is 4.90 Å². The minimum absolute atomic E-state index is 0.570. The highest BCUT2D eigenvalue weighted by Crippen LogP contribution is 2.22. The zero-order valence-electron chi connectivity index (χ0n) is 10.4. The predicted octanol–water partition coefficient (Wildman–Crippen LogP) is 1.62. The van der Waals surface area contributed by atoms with Gasteiger partial charge < -0.3 is 10.5 Å². The molecule has 94 valence electrons. The first-order chi connectivity index (χ1) is 7.92. The van der Waals surface area contributed by atoms with Gasteiger partial charge in [-0.15, -0.1) is 0 Å². The maximum absolute atomic E-state index is 5.98. The summed E-state index contributed by atoms with van der Waals surface area (Å²) in [6, 6.07) is 0.570. The van der Waals surface area contributed by atoms with Crippen LogP contribution in [-0.4, -0.2) is 43.8 Å². The van der Waals surface area contributed by atoms with Crippen molar-refractivity contribution in [1.82, 2.24) is 4.90 Å². The SMILES string of the molecule is NCC(C1CCOC1)N1CCCCCCC1. The van der Waals surface area contributed by atoms with Crippen LogP contribution >= 0.6 is 0 Å². The summed E-state index contributed by atoms with van der Waals surface area (Å²) in [5.74, 6) is 0.685. The fraction of sp³-hybridized carbons (Fsp3) is 1.00. The van der Waals surface area contributed by atoms with Crippen molar-refractivity contribution >= 4 is 0 Å². The number of hydrogen-bond donors (Lipinski definition) is 1. The zero-order chi connectivity index (χ0) is 11.2. The summed E-state index contributed by atoms with van der Waals surface area (Å²) in [5, 5.41) is 0. The van der Waals surface area contributed by atoms with Crippen LogP contribution in [0.25, 0.3) is 0 Å². The second kappa shape index (κ2) is 6.58. The van der Waals surface area contributed by atoms with Crippen molar-refractivity contribution in [2.24, 2.45) is 11.7 Å². The third-order valence-electron chi connectivity index (χ3n) is 4.11. The Kier molecular flexibility index (Phi) is 5.07. The fourth-order valence-electron chi connectivity index (χ4n) is 3.10. The van der Waals surface area contributed by atoms with Crippen LogP contribution in [0.2, 0.25) is 0 Å². The summed E-state index contributed by atoms with van der Waals surface area (Å²) in [7, 11) is 0. The average molecular weight is 226 g/mol. The molecule has 0 saturated carbocycles. The van der Waals surface area contributed by atoms with E-state index in [1.54, 1.807) is 0 Å². The molecule has 2 N–H and O–H groups in total. The Morgan fingerprint density at radius 1 is 1.12 bits per heavy atom. The Bertz CT molecular complexity index is 184. The lowest BCUT2D eigenvalue weighted by atomic mass is 9.96. The van der Waals surface area contributed by atoms with E-state index in [9.17, 15) is 0 Å². The number of rotatable bonds is 3. The quantitative estimate of drug-likeness (QED) is 0.794. The minimum atomic E-state index is 0.570.